The molecule has 2 aliphatic heterocycles. The second kappa shape index (κ2) is 11.8. The third-order valence-corrected chi connectivity index (χ3v) is 5.60. The number of rotatable bonds is 6. The van der Waals surface area contributed by atoms with Gasteiger partial charge in [0.05, 0.1) is 19.8 Å². The number of nitrogens with one attached hydrogen (secondary N) is 2. The molecule has 0 saturated carbocycles. The molecule has 3 rings (SSSR count). The molecule has 8 heteroatoms. The van der Waals surface area contributed by atoms with Crippen LogP contribution in [0.3, 0.4) is 0 Å². The Kier molecular flexibility index (Phi) is 8.77. The van der Waals surface area contributed by atoms with Crippen LogP contribution in [0.15, 0.2) is 29.3 Å². The zero-order valence-corrected chi connectivity index (χ0v) is 18.1. The monoisotopic (exact) mass is 418 g/mol. The normalized spacial score (nSPS) is 18.9. The van der Waals surface area contributed by atoms with E-state index in [9.17, 15) is 4.79 Å². The van der Waals surface area contributed by atoms with Gasteiger partial charge in [-0.1, -0.05) is 24.3 Å². The molecular formula is C22H34N4O4. The van der Waals surface area contributed by atoms with Gasteiger partial charge in [-0.05, 0) is 36.8 Å². The van der Waals surface area contributed by atoms with Crippen molar-refractivity contribution in [2.75, 3.05) is 40.5 Å². The number of hydrogen-bond donors (Lipinski definition) is 2. The molecule has 2 aliphatic rings. The van der Waals surface area contributed by atoms with Crippen molar-refractivity contribution in [2.24, 2.45) is 4.99 Å². The van der Waals surface area contributed by atoms with Gasteiger partial charge in [0, 0.05) is 45.9 Å². The zero-order valence-electron chi connectivity index (χ0n) is 18.1. The minimum Gasteiger partial charge on any atom is -0.453 e. The van der Waals surface area contributed by atoms with Crippen LogP contribution in [-0.4, -0.2) is 69.6 Å². The maximum atomic E-state index is 11.6. The van der Waals surface area contributed by atoms with E-state index >= 15 is 0 Å². The molecule has 8 nitrogen and oxygen atoms in total. The van der Waals surface area contributed by atoms with Gasteiger partial charge >= 0.3 is 6.09 Å². The van der Waals surface area contributed by atoms with Gasteiger partial charge in [-0.2, -0.15) is 0 Å². The van der Waals surface area contributed by atoms with Crippen molar-refractivity contribution < 1.29 is 19.0 Å². The zero-order chi connectivity index (χ0) is 21.2. The fourth-order valence-electron chi connectivity index (χ4n) is 3.80. The predicted molar refractivity (Wildman–Crippen MR) is 115 cm³/mol. The van der Waals surface area contributed by atoms with Crippen LogP contribution in [0.25, 0.3) is 0 Å². The molecule has 0 aliphatic carbocycles. The Morgan fingerprint density at radius 1 is 1.20 bits per heavy atom. The Morgan fingerprint density at radius 2 is 1.93 bits per heavy atom. The van der Waals surface area contributed by atoms with E-state index in [4.69, 9.17) is 14.2 Å². The second-order valence-electron chi connectivity index (χ2n) is 7.74. The summed E-state index contributed by atoms with van der Waals surface area (Å²) in [6, 6.07) is 8.74. The van der Waals surface area contributed by atoms with E-state index in [-0.39, 0.29) is 12.1 Å². The van der Waals surface area contributed by atoms with Crippen LogP contribution >= 0.6 is 0 Å². The lowest BCUT2D eigenvalue weighted by Crippen LogP contribution is -2.49. The van der Waals surface area contributed by atoms with E-state index in [1.54, 1.807) is 11.9 Å². The van der Waals surface area contributed by atoms with Crippen molar-refractivity contribution in [2.45, 2.75) is 51.0 Å². The maximum absolute atomic E-state index is 11.6. The number of piperidine rings is 1. The highest BCUT2D eigenvalue weighted by atomic mass is 16.5. The van der Waals surface area contributed by atoms with Crippen LogP contribution in [0.4, 0.5) is 4.79 Å². The SMILES string of the molecule is CN=C(NCc1cccc(COC2CCOCC2)c1)NC1CCN(C(=O)OC)CC1. The summed E-state index contributed by atoms with van der Waals surface area (Å²) in [4.78, 5) is 17.7. The number of amides is 1. The Hall–Kier alpha value is -2.32. The van der Waals surface area contributed by atoms with Crippen LogP contribution in [0.2, 0.25) is 0 Å². The van der Waals surface area contributed by atoms with Crippen LogP contribution in [0.5, 0.6) is 0 Å². The Morgan fingerprint density at radius 3 is 2.63 bits per heavy atom. The van der Waals surface area contributed by atoms with E-state index in [1.807, 2.05) is 0 Å². The molecule has 1 aromatic carbocycles. The lowest BCUT2D eigenvalue weighted by atomic mass is 10.1. The van der Waals surface area contributed by atoms with Crippen LogP contribution in [-0.2, 0) is 27.4 Å². The second-order valence-corrected chi connectivity index (χ2v) is 7.74. The quantitative estimate of drug-likeness (QED) is 0.545. The molecule has 0 spiro atoms. The van der Waals surface area contributed by atoms with Crippen molar-refractivity contribution in [3.8, 4) is 0 Å². The number of carbonyl (C=O) groups is 1. The molecule has 0 bridgehead atoms. The van der Waals surface area contributed by atoms with Crippen molar-refractivity contribution in [3.63, 3.8) is 0 Å². The van der Waals surface area contributed by atoms with Crippen LogP contribution in [0, 0.1) is 0 Å². The average molecular weight is 419 g/mol. The molecule has 166 valence electrons. The third-order valence-electron chi connectivity index (χ3n) is 5.60. The molecule has 0 atom stereocenters. The molecule has 0 radical (unpaired) electrons. The summed E-state index contributed by atoms with van der Waals surface area (Å²) in [6.45, 7) is 4.29. The first kappa shape index (κ1) is 22.4. The molecule has 30 heavy (non-hydrogen) atoms. The molecule has 0 unspecified atom stereocenters. The van der Waals surface area contributed by atoms with Crippen molar-refractivity contribution >= 4 is 12.1 Å². The molecule has 1 amide bonds. The number of benzene rings is 1. The molecule has 2 saturated heterocycles. The number of likely N-dealkylation sites (tertiary alicyclic amines) is 1. The summed E-state index contributed by atoms with van der Waals surface area (Å²) < 4.78 is 16.2. The minimum atomic E-state index is -0.253. The number of hydrogen-bond acceptors (Lipinski definition) is 5. The highest BCUT2D eigenvalue weighted by Gasteiger charge is 2.23. The fourth-order valence-corrected chi connectivity index (χ4v) is 3.80. The Labute approximate surface area is 179 Å². The maximum Gasteiger partial charge on any atom is 0.409 e. The molecular weight excluding hydrogens is 384 g/mol. The Balaban J connectivity index is 1.42. The van der Waals surface area contributed by atoms with E-state index in [0.29, 0.717) is 32.3 Å². The number of nitrogens with zero attached hydrogens (tertiary/aromatic N) is 2. The first-order valence-corrected chi connectivity index (χ1v) is 10.7. The minimum absolute atomic E-state index is 0.253. The molecule has 2 fully saturated rings. The van der Waals surface area contributed by atoms with E-state index in [0.717, 1.165) is 44.9 Å². The average Bonchev–Trinajstić information content (AvgIpc) is 2.81. The number of ether oxygens (including phenoxy) is 3. The number of carbonyl (C=O) groups excluding carboxylic acids is 1. The van der Waals surface area contributed by atoms with Gasteiger partial charge in [0.2, 0.25) is 0 Å². The van der Waals surface area contributed by atoms with Crippen LogP contribution < -0.4 is 10.6 Å². The number of methoxy groups -OCH3 is 1. The third kappa shape index (κ3) is 6.88. The first-order chi connectivity index (χ1) is 14.7. The molecule has 2 N–H and O–H groups in total. The first-order valence-electron chi connectivity index (χ1n) is 10.7. The van der Waals surface area contributed by atoms with E-state index in [2.05, 4.69) is 39.9 Å². The topological polar surface area (TPSA) is 84.4 Å². The summed E-state index contributed by atoms with van der Waals surface area (Å²) >= 11 is 0. The van der Waals surface area contributed by atoms with Gasteiger partial charge < -0.3 is 29.7 Å². The fraction of sp³-hybridized carbons (Fsp3) is 0.636. The Bertz CT molecular complexity index is 698. The standard InChI is InChI=1S/C22H34N4O4/c1-23-21(25-19-6-10-26(11-7-19)22(27)28-2)24-15-17-4-3-5-18(14-17)16-30-20-8-12-29-13-9-20/h3-5,14,19-20H,6-13,15-16H2,1-2H3,(H2,23,24,25). The van der Waals surface area contributed by atoms with Gasteiger partial charge in [0.25, 0.3) is 0 Å². The van der Waals surface area contributed by atoms with E-state index in [1.165, 1.54) is 18.2 Å². The summed E-state index contributed by atoms with van der Waals surface area (Å²) in [6.07, 6.45) is 3.73. The highest BCUT2D eigenvalue weighted by molar-refractivity contribution is 5.80. The summed E-state index contributed by atoms with van der Waals surface area (Å²) in [5, 5.41) is 6.85. The molecule has 2 heterocycles. The number of guanidine groups is 1. The summed E-state index contributed by atoms with van der Waals surface area (Å²) in [5.74, 6) is 0.773. The van der Waals surface area contributed by atoms with Gasteiger partial charge in [-0.25, -0.2) is 4.79 Å². The highest BCUT2D eigenvalue weighted by Crippen LogP contribution is 2.15. The lowest BCUT2D eigenvalue weighted by Gasteiger charge is -2.32. The lowest BCUT2D eigenvalue weighted by molar-refractivity contribution is -0.0390. The van der Waals surface area contributed by atoms with Crippen LogP contribution in [0.1, 0.15) is 36.8 Å². The van der Waals surface area contributed by atoms with Gasteiger partial charge in [-0.3, -0.25) is 4.99 Å². The van der Waals surface area contributed by atoms with Crippen molar-refractivity contribution in [1.29, 1.82) is 0 Å². The van der Waals surface area contributed by atoms with Gasteiger partial charge in [0.1, 0.15) is 0 Å². The van der Waals surface area contributed by atoms with Crippen molar-refractivity contribution in [1.82, 2.24) is 15.5 Å². The van der Waals surface area contributed by atoms with Crippen molar-refractivity contribution in [3.05, 3.63) is 35.4 Å². The van der Waals surface area contributed by atoms with Gasteiger partial charge in [0.15, 0.2) is 5.96 Å². The molecule has 0 aromatic heterocycles. The smallest absolute Gasteiger partial charge is 0.409 e. The van der Waals surface area contributed by atoms with Gasteiger partial charge in [-0.15, -0.1) is 0 Å². The van der Waals surface area contributed by atoms with E-state index < -0.39 is 0 Å². The summed E-state index contributed by atoms with van der Waals surface area (Å²) in [5.41, 5.74) is 2.37. The number of aliphatic imine (C=N–C) groups is 1. The molecule has 1 aromatic rings. The summed E-state index contributed by atoms with van der Waals surface area (Å²) in [7, 11) is 3.20. The largest absolute Gasteiger partial charge is 0.453 e. The predicted octanol–water partition coefficient (Wildman–Crippen LogP) is 2.28.